The summed E-state index contributed by atoms with van der Waals surface area (Å²) in [6, 6.07) is 7.07. The van der Waals surface area contributed by atoms with Gasteiger partial charge in [-0.1, -0.05) is 18.2 Å². The molecule has 2 atom stereocenters. The van der Waals surface area contributed by atoms with Crippen LogP contribution in [0.1, 0.15) is 0 Å². The van der Waals surface area contributed by atoms with E-state index in [9.17, 15) is 21.6 Å². The number of nitrogens with one attached hydrogen (secondary N) is 1. The van der Waals surface area contributed by atoms with Gasteiger partial charge >= 0.3 is 15.6 Å². The zero-order valence-corrected chi connectivity index (χ0v) is 13.6. The maximum Gasteiger partial charge on any atom is 0.534 e. The maximum absolute atomic E-state index is 12.4. The van der Waals surface area contributed by atoms with Crippen LogP contribution in [0.2, 0.25) is 0 Å². The van der Waals surface area contributed by atoms with Crippen molar-refractivity contribution in [2.24, 2.45) is 4.99 Å². The minimum Gasteiger partial charge on any atom is -0.371 e. The van der Waals surface area contributed by atoms with Crippen molar-refractivity contribution in [3.63, 3.8) is 0 Å². The molecule has 1 aromatic carbocycles. The second kappa shape index (κ2) is 6.19. The van der Waals surface area contributed by atoms with Crippen LogP contribution in [-0.4, -0.2) is 33.2 Å². The molecule has 134 valence electrons. The average molecular weight is 374 g/mol. The molecule has 0 aliphatic carbocycles. The summed E-state index contributed by atoms with van der Waals surface area (Å²) in [5.41, 5.74) is -5.17. The summed E-state index contributed by atoms with van der Waals surface area (Å²) >= 11 is 0. The van der Waals surface area contributed by atoms with Gasteiger partial charge in [0.15, 0.2) is 0 Å². The van der Waals surface area contributed by atoms with Gasteiger partial charge < -0.3 is 14.2 Å². The molecule has 25 heavy (non-hydrogen) atoms. The molecule has 6 nitrogen and oxygen atoms in total. The lowest BCUT2D eigenvalue weighted by molar-refractivity contribution is -0.0524. The minimum atomic E-state index is -5.75. The Labute approximate surface area is 141 Å². The van der Waals surface area contributed by atoms with Crippen molar-refractivity contribution in [1.82, 2.24) is 5.32 Å². The lowest BCUT2D eigenvalue weighted by Crippen LogP contribution is -2.27. The van der Waals surface area contributed by atoms with Crippen LogP contribution >= 0.6 is 0 Å². The number of halogens is 3. The van der Waals surface area contributed by atoms with Crippen LogP contribution in [0.25, 0.3) is 6.08 Å². The van der Waals surface area contributed by atoms with Gasteiger partial charge in [0.25, 0.3) is 0 Å². The standard InChI is InChI=1S/C15H13F3N2O4S/c1-23-13-8-14(24-25(21,22)15(16,17)18)20-12(13)7-10-6-9-4-2-3-5-11(9)19-10/h2-8,10,13,20H,1H3. The molecule has 2 heterocycles. The smallest absolute Gasteiger partial charge is 0.371 e. The Morgan fingerprint density at radius 1 is 1.24 bits per heavy atom. The van der Waals surface area contributed by atoms with Gasteiger partial charge in [-0.15, -0.1) is 0 Å². The third kappa shape index (κ3) is 3.54. The van der Waals surface area contributed by atoms with E-state index < -0.39 is 27.6 Å². The van der Waals surface area contributed by atoms with Gasteiger partial charge in [-0.25, -0.2) is 0 Å². The number of fused-ring (bicyclic) bond motifs is 1. The van der Waals surface area contributed by atoms with Crippen LogP contribution in [0.4, 0.5) is 13.2 Å². The number of nitrogens with zero attached hydrogens (tertiary/aromatic N) is 1. The fourth-order valence-corrected chi connectivity index (χ4v) is 2.85. The molecule has 0 amide bonds. The zero-order valence-electron chi connectivity index (χ0n) is 12.8. The number of rotatable bonds is 4. The van der Waals surface area contributed by atoms with Crippen molar-refractivity contribution < 1.29 is 30.5 Å². The van der Waals surface area contributed by atoms with Crippen molar-refractivity contribution in [1.29, 1.82) is 0 Å². The van der Waals surface area contributed by atoms with Gasteiger partial charge in [0.2, 0.25) is 5.88 Å². The molecule has 0 saturated heterocycles. The monoisotopic (exact) mass is 374 g/mol. The number of para-hydroxylation sites is 1. The third-order valence-corrected chi connectivity index (χ3v) is 4.51. The maximum atomic E-state index is 12.4. The Hall–Kier alpha value is -2.33. The predicted molar refractivity (Wildman–Crippen MR) is 81.6 cm³/mol. The molecule has 0 aromatic heterocycles. The van der Waals surface area contributed by atoms with Gasteiger partial charge in [0, 0.05) is 18.9 Å². The quantitative estimate of drug-likeness (QED) is 0.620. The van der Waals surface area contributed by atoms with Crippen LogP contribution in [0, 0.1) is 0 Å². The highest BCUT2D eigenvalue weighted by molar-refractivity contribution is 7.87. The molecular weight excluding hydrogens is 361 g/mol. The zero-order chi connectivity index (χ0) is 18.2. The minimum absolute atomic E-state index is 0.340. The van der Waals surface area contributed by atoms with Crippen molar-refractivity contribution in [3.8, 4) is 0 Å². The summed E-state index contributed by atoms with van der Waals surface area (Å²) in [6.07, 6.45) is 3.83. The molecule has 1 N–H and O–H groups in total. The Kier molecular flexibility index (Phi) is 4.33. The summed E-state index contributed by atoms with van der Waals surface area (Å²) in [5, 5.41) is 4.21. The first kappa shape index (κ1) is 17.5. The molecule has 2 aliphatic rings. The Balaban J connectivity index is 1.80. The molecule has 0 saturated carbocycles. The van der Waals surface area contributed by atoms with Crippen LogP contribution in [0.3, 0.4) is 0 Å². The van der Waals surface area contributed by atoms with E-state index in [1.807, 2.05) is 30.3 Å². The largest absolute Gasteiger partial charge is 0.534 e. The normalized spacial score (nSPS) is 24.2. The fraction of sp³-hybridized carbons (Fsp3) is 0.267. The third-order valence-electron chi connectivity index (χ3n) is 3.54. The average Bonchev–Trinajstić information content (AvgIpc) is 3.08. The van der Waals surface area contributed by atoms with E-state index >= 15 is 0 Å². The predicted octanol–water partition coefficient (Wildman–Crippen LogP) is 0.679. The number of benzene rings is 1. The fourth-order valence-electron chi connectivity index (χ4n) is 2.43. The lowest BCUT2D eigenvalue weighted by Gasteiger charge is -2.12. The Morgan fingerprint density at radius 3 is 2.60 bits per heavy atom. The van der Waals surface area contributed by atoms with Crippen molar-refractivity contribution in [2.45, 2.75) is 17.7 Å². The summed E-state index contributed by atoms with van der Waals surface area (Å²) in [5.74, 6) is -0.564. The highest BCUT2D eigenvalue weighted by Crippen LogP contribution is 2.28. The second-order valence-electron chi connectivity index (χ2n) is 5.26. The first-order valence-electron chi connectivity index (χ1n) is 7.08. The first-order chi connectivity index (χ1) is 11.7. The van der Waals surface area contributed by atoms with E-state index in [-0.39, 0.29) is 6.04 Å². The van der Waals surface area contributed by atoms with E-state index in [2.05, 4.69) is 14.5 Å². The number of hydrogen-bond acceptors (Lipinski definition) is 6. The molecule has 1 aromatic rings. The second-order valence-corrected chi connectivity index (χ2v) is 6.80. The van der Waals surface area contributed by atoms with Gasteiger partial charge in [-0.3, -0.25) is 4.99 Å². The van der Waals surface area contributed by atoms with E-state index in [1.165, 1.54) is 7.11 Å². The molecule has 3 rings (SSSR count). The van der Waals surface area contributed by atoms with Gasteiger partial charge in [0.05, 0.1) is 11.4 Å². The molecule has 0 spiro atoms. The molecule has 10 heteroatoms. The number of hydrogen-bond donors (Lipinski definition) is 1. The van der Waals surface area contributed by atoms with Crippen LogP contribution < -0.4 is 15.9 Å². The van der Waals surface area contributed by atoms with Crippen LogP contribution in [-0.2, 0) is 19.0 Å². The van der Waals surface area contributed by atoms with E-state index in [1.54, 1.807) is 6.08 Å². The van der Waals surface area contributed by atoms with Crippen molar-refractivity contribution in [2.75, 3.05) is 7.11 Å². The van der Waals surface area contributed by atoms with Crippen molar-refractivity contribution >= 4 is 16.2 Å². The summed E-state index contributed by atoms with van der Waals surface area (Å²) in [4.78, 5) is 4.43. The molecule has 2 aliphatic heterocycles. The topological polar surface area (TPSA) is 77.0 Å². The summed E-state index contributed by atoms with van der Waals surface area (Å²) < 4.78 is 68.6. The first-order valence-corrected chi connectivity index (χ1v) is 8.49. The molecule has 0 bridgehead atoms. The van der Waals surface area contributed by atoms with Crippen LogP contribution in [0.15, 0.2) is 53.0 Å². The Bertz CT molecular complexity index is 932. The lowest BCUT2D eigenvalue weighted by atomic mass is 10.2. The van der Waals surface area contributed by atoms with Gasteiger partial charge in [-0.05, 0) is 23.4 Å². The van der Waals surface area contributed by atoms with Crippen LogP contribution in [0.5, 0.6) is 0 Å². The molecule has 2 unspecified atom stereocenters. The number of alkyl halides is 3. The van der Waals surface area contributed by atoms with Gasteiger partial charge in [0.1, 0.15) is 6.10 Å². The highest BCUT2D eigenvalue weighted by Gasteiger charge is 2.49. The molecule has 0 radical (unpaired) electrons. The van der Waals surface area contributed by atoms with Gasteiger partial charge in [-0.2, -0.15) is 21.6 Å². The summed E-state index contributed by atoms with van der Waals surface area (Å²) in [7, 11) is -4.42. The molecule has 0 fully saturated rings. The number of ether oxygens (including phenoxy) is 1. The highest BCUT2D eigenvalue weighted by atomic mass is 32.2. The molecular formula is C15H13F3N2O4S. The summed E-state index contributed by atoms with van der Waals surface area (Å²) in [6.45, 7) is 0. The SMILES string of the molecule is COC1C=C(OS(=O)(=O)C(F)(F)F)NC1=CC1C=c2ccccc2=N1. The van der Waals surface area contributed by atoms with E-state index in [0.29, 0.717) is 5.70 Å². The van der Waals surface area contributed by atoms with Crippen molar-refractivity contribution in [3.05, 3.63) is 58.6 Å². The van der Waals surface area contributed by atoms with E-state index in [0.717, 1.165) is 16.7 Å². The van der Waals surface area contributed by atoms with E-state index in [4.69, 9.17) is 4.74 Å². The number of methoxy groups -OCH3 is 1. The Morgan fingerprint density at radius 2 is 1.96 bits per heavy atom.